The molecule has 1 saturated carbocycles. The lowest BCUT2D eigenvalue weighted by Gasteiger charge is -2.13. The fraction of sp³-hybridized carbons (Fsp3) is 0.364. The van der Waals surface area contributed by atoms with Gasteiger partial charge in [-0.25, -0.2) is 0 Å². The van der Waals surface area contributed by atoms with Gasteiger partial charge in [0.1, 0.15) is 0 Å². The van der Waals surface area contributed by atoms with Crippen molar-refractivity contribution in [2.45, 2.75) is 22.0 Å². The summed E-state index contributed by atoms with van der Waals surface area (Å²) < 4.78 is -0.0456. The highest BCUT2D eigenvalue weighted by atomic mass is 79.9. The quantitative estimate of drug-likeness (QED) is 0.779. The number of halogens is 2. The highest BCUT2D eigenvalue weighted by molar-refractivity contribution is 9.25. The zero-order valence-electron chi connectivity index (χ0n) is 8.09. The molecule has 0 heterocycles. The van der Waals surface area contributed by atoms with Crippen molar-refractivity contribution in [3.63, 3.8) is 0 Å². The Morgan fingerprint density at radius 2 is 1.80 bits per heavy atom. The van der Waals surface area contributed by atoms with Crippen molar-refractivity contribution in [1.29, 1.82) is 0 Å². The minimum atomic E-state index is -1.13. The van der Waals surface area contributed by atoms with Crippen LogP contribution in [0.25, 0.3) is 0 Å². The van der Waals surface area contributed by atoms with E-state index in [9.17, 15) is 9.90 Å². The molecule has 1 atom stereocenters. The standard InChI is InChI=1S/C11H10Br2O2/c1-10(6-11(10,12)13)8-4-2-7(3-5-8)9(14)15/h2-5H,6H2,1H3,(H,14,15)/p-1/t10-/m0/s1. The van der Waals surface area contributed by atoms with E-state index in [0.29, 0.717) is 0 Å². The average molecular weight is 333 g/mol. The van der Waals surface area contributed by atoms with E-state index < -0.39 is 5.97 Å². The van der Waals surface area contributed by atoms with Crippen LogP contribution in [0.1, 0.15) is 29.3 Å². The predicted molar refractivity (Wildman–Crippen MR) is 63.3 cm³/mol. The molecule has 1 aromatic rings. The Balaban J connectivity index is 2.30. The third-order valence-corrected chi connectivity index (χ3v) is 5.33. The number of carboxylic acid groups (broad SMARTS) is 1. The Morgan fingerprint density at radius 3 is 2.13 bits per heavy atom. The molecule has 1 aliphatic carbocycles. The zero-order valence-corrected chi connectivity index (χ0v) is 11.3. The Labute approximate surface area is 105 Å². The molecule has 0 saturated heterocycles. The van der Waals surface area contributed by atoms with Crippen molar-refractivity contribution in [1.82, 2.24) is 0 Å². The molecule has 4 heteroatoms. The SMILES string of the molecule is C[C@@]1(c2ccc(C(=O)[O-])cc2)CC1(Br)Br. The van der Waals surface area contributed by atoms with E-state index in [1.165, 1.54) is 0 Å². The third kappa shape index (κ3) is 1.74. The number of hydrogen-bond acceptors (Lipinski definition) is 2. The Morgan fingerprint density at radius 1 is 1.33 bits per heavy atom. The van der Waals surface area contributed by atoms with Crippen molar-refractivity contribution >= 4 is 37.8 Å². The second-order valence-electron chi connectivity index (χ2n) is 4.08. The van der Waals surface area contributed by atoms with Crippen LogP contribution in [-0.2, 0) is 5.41 Å². The molecule has 0 radical (unpaired) electrons. The minimum Gasteiger partial charge on any atom is -0.545 e. The van der Waals surface area contributed by atoms with Gasteiger partial charge in [0, 0.05) is 5.41 Å². The molecule has 0 spiro atoms. The van der Waals surface area contributed by atoms with Crippen LogP contribution >= 0.6 is 31.9 Å². The summed E-state index contributed by atoms with van der Waals surface area (Å²) in [5.74, 6) is -1.13. The fourth-order valence-corrected chi connectivity index (χ4v) is 3.27. The second-order valence-corrected chi connectivity index (χ2v) is 7.85. The van der Waals surface area contributed by atoms with Gasteiger partial charge in [-0.2, -0.15) is 0 Å². The largest absolute Gasteiger partial charge is 0.545 e. The van der Waals surface area contributed by atoms with Crippen LogP contribution < -0.4 is 5.11 Å². The molecule has 2 nitrogen and oxygen atoms in total. The molecule has 1 aromatic carbocycles. The summed E-state index contributed by atoms with van der Waals surface area (Å²) in [6, 6.07) is 6.86. The maximum Gasteiger partial charge on any atom is 0.0908 e. The van der Waals surface area contributed by atoms with Crippen molar-refractivity contribution in [3.05, 3.63) is 35.4 Å². The molecule has 0 unspecified atom stereocenters. The first-order valence-electron chi connectivity index (χ1n) is 4.56. The fourth-order valence-electron chi connectivity index (χ4n) is 1.69. The smallest absolute Gasteiger partial charge is 0.0908 e. The van der Waals surface area contributed by atoms with Crippen LogP contribution in [-0.4, -0.2) is 9.20 Å². The van der Waals surface area contributed by atoms with Crippen LogP contribution in [0.5, 0.6) is 0 Å². The highest BCUT2D eigenvalue weighted by Crippen LogP contribution is 2.66. The molecule has 0 amide bonds. The van der Waals surface area contributed by atoms with Crippen LogP contribution in [0.2, 0.25) is 0 Å². The van der Waals surface area contributed by atoms with Crippen molar-refractivity contribution in [2.24, 2.45) is 0 Å². The lowest BCUT2D eigenvalue weighted by molar-refractivity contribution is -0.255. The van der Waals surface area contributed by atoms with Crippen LogP contribution in [0, 0.1) is 0 Å². The average Bonchev–Trinajstić information content (AvgIpc) is 2.67. The molecule has 0 aliphatic heterocycles. The van der Waals surface area contributed by atoms with E-state index in [0.717, 1.165) is 12.0 Å². The molecular weight excluding hydrogens is 324 g/mol. The van der Waals surface area contributed by atoms with Crippen LogP contribution in [0.4, 0.5) is 0 Å². The third-order valence-electron chi connectivity index (χ3n) is 3.02. The molecule has 2 rings (SSSR count). The van der Waals surface area contributed by atoms with Gasteiger partial charge in [-0.05, 0) is 17.5 Å². The highest BCUT2D eigenvalue weighted by Gasteiger charge is 2.62. The Kier molecular flexibility index (Phi) is 2.47. The number of aromatic carboxylic acids is 1. The van der Waals surface area contributed by atoms with Crippen LogP contribution in [0.15, 0.2) is 24.3 Å². The van der Waals surface area contributed by atoms with E-state index in [4.69, 9.17) is 0 Å². The normalized spacial score (nSPS) is 27.4. The lowest BCUT2D eigenvalue weighted by Crippen LogP contribution is -2.22. The molecular formula is C11H9Br2O2-. The van der Waals surface area contributed by atoms with Crippen molar-refractivity contribution < 1.29 is 9.90 Å². The minimum absolute atomic E-state index is 0.0391. The number of alkyl halides is 2. The molecule has 15 heavy (non-hydrogen) atoms. The summed E-state index contributed by atoms with van der Waals surface area (Å²) in [6.45, 7) is 2.13. The van der Waals surface area contributed by atoms with Crippen LogP contribution in [0.3, 0.4) is 0 Å². The van der Waals surface area contributed by atoms with E-state index in [1.807, 2.05) is 12.1 Å². The Hall–Kier alpha value is -0.350. The first kappa shape index (κ1) is 11.1. The maximum absolute atomic E-state index is 10.6. The number of carboxylic acids is 1. The molecule has 0 aromatic heterocycles. The van der Waals surface area contributed by atoms with Gasteiger partial charge in [0.05, 0.1) is 9.20 Å². The molecule has 80 valence electrons. The molecule has 0 N–H and O–H groups in total. The summed E-state index contributed by atoms with van der Waals surface area (Å²) in [4.78, 5) is 10.6. The van der Waals surface area contributed by atoms with Gasteiger partial charge in [-0.15, -0.1) is 0 Å². The lowest BCUT2D eigenvalue weighted by atomic mass is 9.97. The molecule has 1 fully saturated rings. The molecule has 0 bridgehead atoms. The van der Waals surface area contributed by atoms with E-state index in [-0.39, 0.29) is 14.2 Å². The van der Waals surface area contributed by atoms with Gasteiger partial charge in [0.15, 0.2) is 0 Å². The van der Waals surface area contributed by atoms with Gasteiger partial charge < -0.3 is 9.90 Å². The van der Waals surface area contributed by atoms with Gasteiger partial charge in [-0.3, -0.25) is 0 Å². The van der Waals surface area contributed by atoms with E-state index in [2.05, 4.69) is 38.8 Å². The summed E-state index contributed by atoms with van der Waals surface area (Å²) in [6.07, 6.45) is 0.991. The van der Waals surface area contributed by atoms with E-state index >= 15 is 0 Å². The first-order chi connectivity index (χ1) is 6.87. The van der Waals surface area contributed by atoms with Gasteiger partial charge in [0.2, 0.25) is 0 Å². The second kappa shape index (κ2) is 3.32. The number of hydrogen-bond donors (Lipinski definition) is 0. The van der Waals surface area contributed by atoms with E-state index in [1.54, 1.807) is 12.1 Å². The number of rotatable bonds is 2. The van der Waals surface area contributed by atoms with Gasteiger partial charge >= 0.3 is 0 Å². The van der Waals surface area contributed by atoms with Crippen molar-refractivity contribution in [3.8, 4) is 0 Å². The topological polar surface area (TPSA) is 40.1 Å². The van der Waals surface area contributed by atoms with Gasteiger partial charge in [-0.1, -0.05) is 63.0 Å². The number of carbonyl (C=O) groups excluding carboxylic acids is 1. The van der Waals surface area contributed by atoms with Gasteiger partial charge in [0.25, 0.3) is 0 Å². The zero-order chi connectivity index (χ0) is 11.3. The summed E-state index contributed by atoms with van der Waals surface area (Å²) >= 11 is 7.16. The summed E-state index contributed by atoms with van der Waals surface area (Å²) in [7, 11) is 0. The maximum atomic E-state index is 10.6. The summed E-state index contributed by atoms with van der Waals surface area (Å²) in [5, 5.41) is 10.6. The predicted octanol–water partition coefficient (Wildman–Crippen LogP) is 2.20. The monoisotopic (exact) mass is 331 g/mol. The Bertz CT molecular complexity index is 411. The first-order valence-corrected chi connectivity index (χ1v) is 6.15. The molecule has 1 aliphatic rings. The summed E-state index contributed by atoms with van der Waals surface area (Å²) in [5.41, 5.74) is 1.39. The van der Waals surface area contributed by atoms with Crippen molar-refractivity contribution in [2.75, 3.05) is 0 Å². The number of carbonyl (C=O) groups is 1. The number of benzene rings is 1.